The predicted octanol–water partition coefficient (Wildman–Crippen LogP) is 1.88. The monoisotopic (exact) mass is 235 g/mol. The van der Waals surface area contributed by atoms with E-state index in [2.05, 4.69) is 0 Å². The van der Waals surface area contributed by atoms with Crippen LogP contribution in [0.15, 0.2) is 24.3 Å². The zero-order valence-corrected chi connectivity index (χ0v) is 9.43. The normalized spacial score (nSPS) is 16.9. The number of rotatable bonds is 3. The molecule has 1 aliphatic rings. The molecule has 2 rings (SSSR count). The number of amides is 1. The minimum atomic E-state index is -0.336. The van der Waals surface area contributed by atoms with Crippen molar-refractivity contribution in [1.29, 1.82) is 0 Å². The fourth-order valence-corrected chi connectivity index (χ4v) is 2.12. The van der Waals surface area contributed by atoms with Gasteiger partial charge >= 0.3 is 0 Å². The van der Waals surface area contributed by atoms with Crippen LogP contribution in [0, 0.1) is 11.7 Å². The molecule has 0 aromatic heterocycles. The number of Topliss-reactive ketones (excluding diaryl/α,β-unsaturated/α-hetero) is 1. The van der Waals surface area contributed by atoms with Gasteiger partial charge in [-0.05, 0) is 37.1 Å². The first-order valence-electron chi connectivity index (χ1n) is 5.70. The maximum atomic E-state index is 12.7. The Morgan fingerprint density at radius 3 is 2.35 bits per heavy atom. The highest BCUT2D eigenvalue weighted by atomic mass is 19.1. The number of benzene rings is 1. The molecule has 0 spiro atoms. The minimum Gasteiger partial charge on any atom is -0.345 e. The highest BCUT2D eigenvalue weighted by molar-refractivity contribution is 5.97. The maximum absolute atomic E-state index is 12.7. The van der Waals surface area contributed by atoms with Crippen molar-refractivity contribution in [3.05, 3.63) is 35.6 Å². The lowest BCUT2D eigenvalue weighted by Gasteiger charge is -2.28. The molecular formula is C13H14FNO2. The van der Waals surface area contributed by atoms with E-state index in [0.29, 0.717) is 31.5 Å². The van der Waals surface area contributed by atoms with Crippen molar-refractivity contribution in [2.45, 2.75) is 12.8 Å². The van der Waals surface area contributed by atoms with E-state index in [0.717, 1.165) is 6.41 Å². The molecule has 0 aliphatic carbocycles. The van der Waals surface area contributed by atoms with E-state index >= 15 is 0 Å². The van der Waals surface area contributed by atoms with Gasteiger partial charge in [-0.1, -0.05) is 0 Å². The minimum absolute atomic E-state index is 0.0448. The summed E-state index contributed by atoms with van der Waals surface area (Å²) in [6, 6.07) is 5.63. The molecule has 0 saturated carbocycles. The summed E-state index contributed by atoms with van der Waals surface area (Å²) < 4.78 is 12.7. The molecular weight excluding hydrogens is 221 g/mol. The van der Waals surface area contributed by atoms with Gasteiger partial charge in [-0.2, -0.15) is 0 Å². The molecule has 1 aliphatic heterocycles. The molecule has 4 heteroatoms. The van der Waals surface area contributed by atoms with Crippen LogP contribution in [-0.2, 0) is 4.79 Å². The average Bonchev–Trinajstić information content (AvgIpc) is 2.39. The SMILES string of the molecule is O=CN1CCC(C(=O)c2ccc(F)cc2)CC1. The number of carbonyl (C=O) groups excluding carboxylic acids is 2. The van der Waals surface area contributed by atoms with E-state index in [1.165, 1.54) is 24.3 Å². The zero-order chi connectivity index (χ0) is 12.3. The van der Waals surface area contributed by atoms with Crippen LogP contribution in [0.2, 0.25) is 0 Å². The lowest BCUT2D eigenvalue weighted by atomic mass is 9.89. The first-order valence-corrected chi connectivity index (χ1v) is 5.70. The van der Waals surface area contributed by atoms with Crippen LogP contribution in [0.25, 0.3) is 0 Å². The van der Waals surface area contributed by atoms with Gasteiger partial charge in [0.15, 0.2) is 5.78 Å². The fraction of sp³-hybridized carbons (Fsp3) is 0.385. The van der Waals surface area contributed by atoms with Gasteiger partial charge in [-0.25, -0.2) is 4.39 Å². The summed E-state index contributed by atoms with van der Waals surface area (Å²) in [5, 5.41) is 0. The summed E-state index contributed by atoms with van der Waals surface area (Å²) in [5.74, 6) is -0.329. The molecule has 17 heavy (non-hydrogen) atoms. The van der Waals surface area contributed by atoms with E-state index in [4.69, 9.17) is 0 Å². The quantitative estimate of drug-likeness (QED) is 0.592. The molecule has 1 aromatic rings. The number of hydrogen-bond donors (Lipinski definition) is 0. The van der Waals surface area contributed by atoms with Gasteiger partial charge in [-0.15, -0.1) is 0 Å². The Morgan fingerprint density at radius 1 is 1.24 bits per heavy atom. The van der Waals surface area contributed by atoms with Crippen LogP contribution in [0.5, 0.6) is 0 Å². The highest BCUT2D eigenvalue weighted by Gasteiger charge is 2.24. The molecule has 3 nitrogen and oxygen atoms in total. The molecule has 1 saturated heterocycles. The molecule has 1 fully saturated rings. The van der Waals surface area contributed by atoms with Gasteiger partial charge in [0.25, 0.3) is 0 Å². The Bertz CT molecular complexity index is 408. The summed E-state index contributed by atoms with van der Waals surface area (Å²) in [6.07, 6.45) is 2.20. The van der Waals surface area contributed by atoms with E-state index < -0.39 is 0 Å². The molecule has 0 N–H and O–H groups in total. The smallest absolute Gasteiger partial charge is 0.209 e. The van der Waals surface area contributed by atoms with Gasteiger partial charge in [0.05, 0.1) is 0 Å². The van der Waals surface area contributed by atoms with Gasteiger partial charge in [-0.3, -0.25) is 9.59 Å². The first kappa shape index (κ1) is 11.8. The van der Waals surface area contributed by atoms with Gasteiger partial charge in [0.1, 0.15) is 5.82 Å². The van der Waals surface area contributed by atoms with Crippen molar-refractivity contribution >= 4 is 12.2 Å². The Balaban J connectivity index is 2.01. The van der Waals surface area contributed by atoms with Crippen LogP contribution in [-0.4, -0.2) is 30.2 Å². The first-order chi connectivity index (χ1) is 8.20. The van der Waals surface area contributed by atoms with E-state index in [9.17, 15) is 14.0 Å². The third-order valence-electron chi connectivity index (χ3n) is 3.18. The molecule has 0 unspecified atom stereocenters. The van der Waals surface area contributed by atoms with Gasteiger partial charge < -0.3 is 4.90 Å². The van der Waals surface area contributed by atoms with Crippen LogP contribution in [0.1, 0.15) is 23.2 Å². The second-order valence-electron chi connectivity index (χ2n) is 4.29. The summed E-state index contributed by atoms with van der Waals surface area (Å²) in [5.41, 5.74) is 0.552. The van der Waals surface area contributed by atoms with Crippen LogP contribution in [0.4, 0.5) is 4.39 Å². The van der Waals surface area contributed by atoms with E-state index in [-0.39, 0.29) is 17.5 Å². The number of ketones is 1. The Labute approximate surface area is 99.2 Å². The summed E-state index contributed by atoms with van der Waals surface area (Å²) in [4.78, 5) is 24.3. The van der Waals surface area contributed by atoms with Crippen molar-refractivity contribution in [2.75, 3.05) is 13.1 Å². The molecule has 1 heterocycles. The number of hydrogen-bond acceptors (Lipinski definition) is 2. The number of carbonyl (C=O) groups is 2. The van der Waals surface area contributed by atoms with Crippen LogP contribution in [0.3, 0.4) is 0 Å². The van der Waals surface area contributed by atoms with Crippen molar-refractivity contribution in [3.8, 4) is 0 Å². The summed E-state index contributed by atoms with van der Waals surface area (Å²) in [6.45, 7) is 1.25. The van der Waals surface area contributed by atoms with Gasteiger partial charge in [0.2, 0.25) is 6.41 Å². The number of likely N-dealkylation sites (tertiary alicyclic amines) is 1. The maximum Gasteiger partial charge on any atom is 0.209 e. The van der Waals surface area contributed by atoms with Crippen molar-refractivity contribution in [3.63, 3.8) is 0 Å². The standard InChI is InChI=1S/C13H14FNO2/c14-12-3-1-10(2-4-12)13(17)11-5-7-15(9-16)8-6-11/h1-4,9,11H,5-8H2. The zero-order valence-electron chi connectivity index (χ0n) is 9.43. The van der Waals surface area contributed by atoms with E-state index in [1.807, 2.05) is 0 Å². The summed E-state index contributed by atoms with van der Waals surface area (Å²) >= 11 is 0. The predicted molar refractivity (Wildman–Crippen MR) is 61.1 cm³/mol. The Kier molecular flexibility index (Phi) is 3.52. The van der Waals surface area contributed by atoms with Crippen molar-refractivity contribution in [2.24, 2.45) is 5.92 Å². The molecule has 0 bridgehead atoms. The van der Waals surface area contributed by atoms with E-state index in [1.54, 1.807) is 4.90 Å². The number of piperidine rings is 1. The largest absolute Gasteiger partial charge is 0.345 e. The Morgan fingerprint density at radius 2 is 1.82 bits per heavy atom. The molecule has 1 aromatic carbocycles. The van der Waals surface area contributed by atoms with Gasteiger partial charge in [0, 0.05) is 24.6 Å². The average molecular weight is 235 g/mol. The molecule has 0 atom stereocenters. The summed E-state index contributed by atoms with van der Waals surface area (Å²) in [7, 11) is 0. The molecule has 0 radical (unpaired) electrons. The number of halogens is 1. The molecule has 90 valence electrons. The lowest BCUT2D eigenvalue weighted by molar-refractivity contribution is -0.119. The van der Waals surface area contributed by atoms with Crippen molar-refractivity contribution < 1.29 is 14.0 Å². The highest BCUT2D eigenvalue weighted by Crippen LogP contribution is 2.21. The molecule has 1 amide bonds. The lowest BCUT2D eigenvalue weighted by Crippen LogP contribution is -2.35. The Hall–Kier alpha value is -1.71. The van der Waals surface area contributed by atoms with Crippen molar-refractivity contribution in [1.82, 2.24) is 4.90 Å². The topological polar surface area (TPSA) is 37.4 Å². The second kappa shape index (κ2) is 5.08. The third kappa shape index (κ3) is 2.70. The number of nitrogens with zero attached hydrogens (tertiary/aromatic N) is 1. The fourth-order valence-electron chi connectivity index (χ4n) is 2.12. The van der Waals surface area contributed by atoms with Crippen LogP contribution < -0.4 is 0 Å². The third-order valence-corrected chi connectivity index (χ3v) is 3.18. The second-order valence-corrected chi connectivity index (χ2v) is 4.29. The van der Waals surface area contributed by atoms with Crippen LogP contribution >= 0.6 is 0 Å².